The Morgan fingerprint density at radius 2 is 1.64 bits per heavy atom. The molecule has 4 heterocycles. The fourth-order valence-corrected chi connectivity index (χ4v) is 3.83. The van der Waals surface area contributed by atoms with E-state index in [0.717, 1.165) is 43.9 Å². The lowest BCUT2D eigenvalue weighted by molar-refractivity contribution is -0.193. The molecule has 16 heteroatoms. The predicted octanol–water partition coefficient (Wildman–Crippen LogP) is 4.01. The van der Waals surface area contributed by atoms with E-state index in [4.69, 9.17) is 29.0 Å². The number of nitrogens with one attached hydrogen (secondary N) is 1. The van der Waals surface area contributed by atoms with Crippen molar-refractivity contribution in [2.24, 2.45) is 0 Å². The molecule has 3 N–H and O–H groups in total. The quantitative estimate of drug-likeness (QED) is 0.466. The van der Waals surface area contributed by atoms with Crippen LogP contribution >= 0.6 is 0 Å². The number of aliphatic carboxylic acids is 2. The van der Waals surface area contributed by atoms with Gasteiger partial charge in [-0.05, 0) is 50.5 Å². The van der Waals surface area contributed by atoms with Gasteiger partial charge < -0.3 is 24.7 Å². The lowest BCUT2D eigenvalue weighted by Crippen LogP contribution is -2.46. The fourth-order valence-electron chi connectivity index (χ4n) is 3.83. The molecule has 39 heavy (non-hydrogen) atoms. The number of nitrogens with zero attached hydrogens (tertiary/aromatic N) is 2. The molecule has 0 bridgehead atoms. The van der Waals surface area contributed by atoms with Crippen LogP contribution in [-0.2, 0) is 25.7 Å². The zero-order chi connectivity index (χ0) is 29.4. The molecule has 216 valence electrons. The van der Waals surface area contributed by atoms with Crippen molar-refractivity contribution in [1.29, 1.82) is 0 Å². The maximum atomic E-state index is 12.4. The topological polar surface area (TPSA) is 142 Å². The number of rotatable bonds is 4. The number of likely N-dealkylation sites (tertiary alicyclic amines) is 1. The van der Waals surface area contributed by atoms with Gasteiger partial charge in [-0.1, -0.05) is 0 Å². The number of carbonyl (C=O) groups excluding carboxylic acids is 1. The van der Waals surface area contributed by atoms with Crippen LogP contribution in [0.5, 0.6) is 0 Å². The minimum atomic E-state index is -5.08. The van der Waals surface area contributed by atoms with Gasteiger partial charge in [-0.15, -0.1) is 0 Å². The first-order chi connectivity index (χ1) is 18.1. The molecular formula is C23H25F6N3O7. The molecule has 2 aliphatic rings. The van der Waals surface area contributed by atoms with Crippen molar-refractivity contribution in [2.75, 3.05) is 11.9 Å². The summed E-state index contributed by atoms with van der Waals surface area (Å²) in [6, 6.07) is 8.04. The van der Waals surface area contributed by atoms with E-state index < -0.39 is 24.3 Å². The van der Waals surface area contributed by atoms with Crippen molar-refractivity contribution >= 4 is 23.5 Å². The Kier molecular flexibility index (Phi) is 10.9. The van der Waals surface area contributed by atoms with E-state index in [1.165, 1.54) is 0 Å². The second kappa shape index (κ2) is 13.4. The molecular weight excluding hydrogens is 544 g/mol. The van der Waals surface area contributed by atoms with Crippen molar-refractivity contribution in [3.05, 3.63) is 48.2 Å². The van der Waals surface area contributed by atoms with Crippen LogP contribution in [0.25, 0.3) is 0 Å². The van der Waals surface area contributed by atoms with Crippen molar-refractivity contribution in [2.45, 2.75) is 63.3 Å². The lowest BCUT2D eigenvalue weighted by atomic mass is 9.98. The number of hydrogen-bond acceptors (Lipinski definition) is 7. The van der Waals surface area contributed by atoms with Crippen LogP contribution < -0.4 is 5.32 Å². The van der Waals surface area contributed by atoms with Crippen molar-refractivity contribution in [3.63, 3.8) is 0 Å². The van der Waals surface area contributed by atoms with E-state index >= 15 is 0 Å². The molecule has 4 rings (SSSR count). The molecule has 2 fully saturated rings. The standard InChI is InChI=1S/C19H23N3O3.2C2HF3O2/c1-13-4-5-15(24-13)12-22-10-8-17-16(22)6-7-18(25-17)19(23)21-14-3-2-9-20-11-14;2*3-2(4,5)1(6)7/h2-5,9,11,16-18H,6-8,10,12H2,1H3,(H,21,23);2*(H,6,7)/t16-,17-,18+;;/m1../s1. The predicted molar refractivity (Wildman–Crippen MR) is 120 cm³/mol. The number of furan rings is 1. The van der Waals surface area contributed by atoms with Gasteiger partial charge in [0.2, 0.25) is 0 Å². The number of anilines is 1. The van der Waals surface area contributed by atoms with Crippen LogP contribution in [0.4, 0.5) is 32.0 Å². The number of halogens is 6. The summed E-state index contributed by atoms with van der Waals surface area (Å²) in [5.74, 6) is -3.65. The molecule has 2 saturated heterocycles. The van der Waals surface area contributed by atoms with Gasteiger partial charge in [0.1, 0.15) is 17.6 Å². The molecule has 1 amide bonds. The number of aromatic nitrogens is 1. The Balaban J connectivity index is 0.000000317. The summed E-state index contributed by atoms with van der Waals surface area (Å²) in [4.78, 5) is 36.7. The SMILES string of the molecule is Cc1ccc(CN2CC[C@H]3O[C@H](C(=O)Nc4cccnc4)CC[C@H]32)o1.O=C(O)C(F)(F)F.O=C(O)C(F)(F)F. The summed E-state index contributed by atoms with van der Waals surface area (Å²) in [6.07, 6.45) is -4.43. The van der Waals surface area contributed by atoms with Crippen LogP contribution in [0.1, 0.15) is 30.8 Å². The Morgan fingerprint density at radius 3 is 2.13 bits per heavy atom. The van der Waals surface area contributed by atoms with Gasteiger partial charge in [0.05, 0.1) is 24.5 Å². The normalized spacial score (nSPS) is 20.9. The number of carbonyl (C=O) groups is 3. The molecule has 2 aromatic rings. The molecule has 0 spiro atoms. The van der Waals surface area contributed by atoms with Crippen LogP contribution in [-0.4, -0.2) is 75.1 Å². The number of ether oxygens (including phenoxy) is 1. The molecule has 0 aliphatic carbocycles. The third-order valence-corrected chi connectivity index (χ3v) is 5.52. The number of alkyl halides is 6. The second-order valence-electron chi connectivity index (χ2n) is 8.42. The first kappa shape index (κ1) is 31.6. The number of hydrogen-bond donors (Lipinski definition) is 3. The maximum absolute atomic E-state index is 12.4. The molecule has 3 atom stereocenters. The summed E-state index contributed by atoms with van der Waals surface area (Å²) < 4.78 is 75.3. The van der Waals surface area contributed by atoms with Gasteiger partial charge >= 0.3 is 24.3 Å². The van der Waals surface area contributed by atoms with Gasteiger partial charge in [0, 0.05) is 18.8 Å². The first-order valence-electron chi connectivity index (χ1n) is 11.3. The fraction of sp³-hybridized carbons (Fsp3) is 0.478. The summed E-state index contributed by atoms with van der Waals surface area (Å²) in [5.41, 5.74) is 0.708. The highest BCUT2D eigenvalue weighted by atomic mass is 19.4. The number of pyridine rings is 1. The minimum Gasteiger partial charge on any atom is -0.475 e. The van der Waals surface area contributed by atoms with Crippen molar-refractivity contribution < 1.29 is 60.1 Å². The van der Waals surface area contributed by atoms with Crippen molar-refractivity contribution in [1.82, 2.24) is 9.88 Å². The van der Waals surface area contributed by atoms with Gasteiger partial charge in [-0.25, -0.2) is 9.59 Å². The van der Waals surface area contributed by atoms with Gasteiger partial charge in [-0.3, -0.25) is 14.7 Å². The van der Waals surface area contributed by atoms with Gasteiger partial charge in [0.25, 0.3) is 5.91 Å². The van der Waals surface area contributed by atoms with E-state index in [2.05, 4.69) is 15.2 Å². The van der Waals surface area contributed by atoms with E-state index in [0.29, 0.717) is 11.7 Å². The number of aryl methyl sites for hydroxylation is 1. The summed E-state index contributed by atoms with van der Waals surface area (Å²) in [7, 11) is 0. The number of fused-ring (bicyclic) bond motifs is 1. The molecule has 0 unspecified atom stereocenters. The van der Waals surface area contributed by atoms with E-state index in [1.54, 1.807) is 18.5 Å². The third kappa shape index (κ3) is 10.2. The number of carboxylic acids is 2. The maximum Gasteiger partial charge on any atom is 0.490 e. The van der Waals surface area contributed by atoms with Gasteiger partial charge in [-0.2, -0.15) is 26.3 Å². The van der Waals surface area contributed by atoms with E-state index in [-0.39, 0.29) is 18.1 Å². The highest BCUT2D eigenvalue weighted by Gasteiger charge is 2.42. The van der Waals surface area contributed by atoms with Crippen LogP contribution in [0, 0.1) is 6.92 Å². The van der Waals surface area contributed by atoms with Crippen LogP contribution in [0.2, 0.25) is 0 Å². The summed E-state index contributed by atoms with van der Waals surface area (Å²) >= 11 is 0. The Morgan fingerprint density at radius 1 is 1.03 bits per heavy atom. The molecule has 0 saturated carbocycles. The minimum absolute atomic E-state index is 0.0773. The Labute approximate surface area is 217 Å². The highest BCUT2D eigenvalue weighted by molar-refractivity contribution is 5.94. The van der Waals surface area contributed by atoms with Crippen LogP contribution in [0.3, 0.4) is 0 Å². The van der Waals surface area contributed by atoms with Gasteiger partial charge in [0.15, 0.2) is 0 Å². The van der Waals surface area contributed by atoms with Crippen LogP contribution in [0.15, 0.2) is 41.1 Å². The Hall–Kier alpha value is -3.66. The van der Waals surface area contributed by atoms with E-state index in [1.807, 2.05) is 25.1 Å². The smallest absolute Gasteiger partial charge is 0.475 e. The zero-order valence-electron chi connectivity index (χ0n) is 20.3. The average Bonchev–Trinajstić information content (AvgIpc) is 3.44. The average molecular weight is 569 g/mol. The molecule has 2 aliphatic heterocycles. The molecule has 2 aromatic heterocycles. The third-order valence-electron chi connectivity index (χ3n) is 5.52. The summed E-state index contributed by atoms with van der Waals surface area (Å²) in [6.45, 7) is 3.75. The molecule has 0 radical (unpaired) electrons. The molecule has 10 nitrogen and oxygen atoms in total. The van der Waals surface area contributed by atoms with Crippen molar-refractivity contribution in [3.8, 4) is 0 Å². The lowest BCUT2D eigenvalue weighted by Gasteiger charge is -2.35. The second-order valence-corrected chi connectivity index (χ2v) is 8.42. The number of amides is 1. The van der Waals surface area contributed by atoms with E-state index in [9.17, 15) is 31.1 Å². The Bertz CT molecular complexity index is 1080. The largest absolute Gasteiger partial charge is 0.490 e. The highest BCUT2D eigenvalue weighted by Crippen LogP contribution is 2.33. The molecule has 0 aromatic carbocycles. The first-order valence-corrected chi connectivity index (χ1v) is 11.3. The number of carboxylic acid groups (broad SMARTS) is 2. The zero-order valence-corrected chi connectivity index (χ0v) is 20.3. The summed E-state index contributed by atoms with van der Waals surface area (Å²) in [5, 5.41) is 17.1. The monoisotopic (exact) mass is 569 g/mol.